The Kier molecular flexibility index (Phi) is 10.4. The third-order valence-corrected chi connectivity index (χ3v) is 16.2. The van der Waals surface area contributed by atoms with Crippen molar-refractivity contribution in [2.75, 3.05) is 0 Å². The molecular formula is C71H68N2. The third kappa shape index (κ3) is 7.34. The summed E-state index contributed by atoms with van der Waals surface area (Å²) in [6, 6.07) is 74.5. The van der Waals surface area contributed by atoms with Crippen LogP contribution in [0.3, 0.4) is 0 Å². The van der Waals surface area contributed by atoms with E-state index < -0.39 is 5.41 Å². The molecule has 12 rings (SSSR count). The summed E-state index contributed by atoms with van der Waals surface area (Å²) in [6.07, 6.45) is 0. The summed E-state index contributed by atoms with van der Waals surface area (Å²) in [5.74, 6) is 0. The van der Waals surface area contributed by atoms with Gasteiger partial charge >= 0.3 is 0 Å². The van der Waals surface area contributed by atoms with Crippen LogP contribution in [0.5, 0.6) is 0 Å². The first-order valence-corrected chi connectivity index (χ1v) is 26.4. The number of para-hydroxylation sites is 3. The van der Waals surface area contributed by atoms with E-state index in [0.717, 1.165) is 0 Å². The summed E-state index contributed by atoms with van der Waals surface area (Å²) < 4.78 is 4.91. The van der Waals surface area contributed by atoms with E-state index in [2.05, 4.69) is 286 Å². The van der Waals surface area contributed by atoms with E-state index in [9.17, 15) is 0 Å². The molecule has 0 amide bonds. The molecule has 0 aliphatic heterocycles. The molecule has 2 heteroatoms. The number of hydrogen-bond acceptors (Lipinski definition) is 0. The van der Waals surface area contributed by atoms with Crippen LogP contribution in [-0.4, -0.2) is 9.13 Å². The lowest BCUT2D eigenvalue weighted by Gasteiger charge is -2.39. The predicted molar refractivity (Wildman–Crippen MR) is 313 cm³/mol. The summed E-state index contributed by atoms with van der Waals surface area (Å²) >= 11 is 0. The number of fused-ring (bicyclic) bond motifs is 9. The second-order valence-corrected chi connectivity index (χ2v) is 25.1. The van der Waals surface area contributed by atoms with E-state index in [4.69, 9.17) is 0 Å². The minimum absolute atomic E-state index is 0.0273. The van der Waals surface area contributed by atoms with Gasteiger partial charge in [-0.2, -0.15) is 0 Å². The SMILES string of the molecule is CC(C)(C)c1ccc(C2(c3ccc(C(C)(C)C)cc3)c3ccc(-n4c5ccccc5c5cc(-c6ccc7c(c6)c6ccccc6n7-c6ccccc6)ccc54)cc3-c3cc(C(C)(C)C)cc(C(C)(C)C)c32)cc1. The molecule has 0 saturated carbocycles. The molecule has 1 aliphatic rings. The van der Waals surface area contributed by atoms with Crippen molar-refractivity contribution in [3.8, 4) is 33.6 Å². The number of rotatable bonds is 5. The molecule has 0 atom stereocenters. The van der Waals surface area contributed by atoms with Crippen molar-refractivity contribution >= 4 is 43.6 Å². The Balaban J connectivity index is 1.10. The Morgan fingerprint density at radius 1 is 0.315 bits per heavy atom. The molecule has 9 aromatic carbocycles. The monoisotopic (exact) mass is 949 g/mol. The minimum atomic E-state index is -0.570. The summed E-state index contributed by atoms with van der Waals surface area (Å²) in [4.78, 5) is 0. The van der Waals surface area contributed by atoms with Crippen molar-refractivity contribution in [1.29, 1.82) is 0 Å². The van der Waals surface area contributed by atoms with Crippen LogP contribution < -0.4 is 0 Å². The maximum atomic E-state index is 2.55. The molecule has 73 heavy (non-hydrogen) atoms. The van der Waals surface area contributed by atoms with Gasteiger partial charge in [0.1, 0.15) is 0 Å². The lowest BCUT2D eigenvalue weighted by molar-refractivity contribution is 0.556. The molecule has 0 bridgehead atoms. The van der Waals surface area contributed by atoms with Crippen molar-refractivity contribution in [1.82, 2.24) is 9.13 Å². The zero-order chi connectivity index (χ0) is 51.0. The maximum Gasteiger partial charge on any atom is 0.0716 e. The summed E-state index contributed by atoms with van der Waals surface area (Å²) in [6.45, 7) is 28.2. The van der Waals surface area contributed by atoms with Crippen LogP contribution in [0.2, 0.25) is 0 Å². The molecule has 0 saturated heterocycles. The van der Waals surface area contributed by atoms with Crippen molar-refractivity contribution < 1.29 is 0 Å². The second kappa shape index (κ2) is 16.3. The Morgan fingerprint density at radius 3 is 1.25 bits per heavy atom. The molecule has 2 nitrogen and oxygen atoms in total. The molecule has 0 spiro atoms. The van der Waals surface area contributed by atoms with Crippen LogP contribution in [0.25, 0.3) is 77.2 Å². The molecular weight excluding hydrogens is 881 g/mol. The smallest absolute Gasteiger partial charge is 0.0716 e. The van der Waals surface area contributed by atoms with E-state index in [0.29, 0.717) is 0 Å². The number of benzene rings is 9. The van der Waals surface area contributed by atoms with Gasteiger partial charge in [-0.3, -0.25) is 0 Å². The second-order valence-electron chi connectivity index (χ2n) is 25.1. The first-order valence-electron chi connectivity index (χ1n) is 26.4. The Morgan fingerprint density at radius 2 is 0.767 bits per heavy atom. The highest BCUT2D eigenvalue weighted by Gasteiger charge is 2.49. The van der Waals surface area contributed by atoms with E-state index in [1.807, 2.05) is 0 Å². The molecule has 2 aromatic heterocycles. The highest BCUT2D eigenvalue weighted by atomic mass is 15.0. The minimum Gasteiger partial charge on any atom is -0.309 e. The molecule has 11 aromatic rings. The summed E-state index contributed by atoms with van der Waals surface area (Å²) in [7, 11) is 0. The Labute approximate surface area is 433 Å². The fraction of sp³-hybridized carbons (Fsp3) is 0.239. The normalized spacial score (nSPS) is 13.9. The van der Waals surface area contributed by atoms with E-state index in [-0.39, 0.29) is 21.7 Å². The van der Waals surface area contributed by atoms with Gasteiger partial charge < -0.3 is 9.13 Å². The molecule has 2 heterocycles. The molecule has 0 N–H and O–H groups in total. The van der Waals surface area contributed by atoms with Gasteiger partial charge in [0.15, 0.2) is 0 Å². The van der Waals surface area contributed by atoms with Crippen LogP contribution in [-0.2, 0) is 27.1 Å². The van der Waals surface area contributed by atoms with E-state index in [1.54, 1.807) is 0 Å². The molecule has 1 aliphatic carbocycles. The van der Waals surface area contributed by atoms with Gasteiger partial charge in [0.25, 0.3) is 0 Å². The van der Waals surface area contributed by atoms with Crippen molar-refractivity contribution in [3.05, 3.63) is 239 Å². The summed E-state index contributed by atoms with van der Waals surface area (Å²) in [5.41, 5.74) is 22.3. The van der Waals surface area contributed by atoms with Crippen molar-refractivity contribution in [2.45, 2.75) is 110 Å². The van der Waals surface area contributed by atoms with Gasteiger partial charge in [-0.15, -0.1) is 0 Å². The van der Waals surface area contributed by atoms with E-state index >= 15 is 0 Å². The Bertz CT molecular complexity index is 3900. The first kappa shape index (κ1) is 46.6. The fourth-order valence-electron chi connectivity index (χ4n) is 12.3. The molecule has 0 fully saturated rings. The van der Waals surface area contributed by atoms with Crippen molar-refractivity contribution in [3.63, 3.8) is 0 Å². The van der Waals surface area contributed by atoms with Gasteiger partial charge in [0, 0.05) is 32.9 Å². The highest BCUT2D eigenvalue weighted by molar-refractivity contribution is 6.13. The largest absolute Gasteiger partial charge is 0.309 e. The van der Waals surface area contributed by atoms with Gasteiger partial charge in [-0.05, 0) is 149 Å². The fourth-order valence-corrected chi connectivity index (χ4v) is 12.3. The lowest BCUT2D eigenvalue weighted by atomic mass is 9.63. The topological polar surface area (TPSA) is 9.86 Å². The highest BCUT2D eigenvalue weighted by Crippen LogP contribution is 2.60. The van der Waals surface area contributed by atoms with Crippen LogP contribution in [0.15, 0.2) is 194 Å². The third-order valence-electron chi connectivity index (χ3n) is 16.2. The lowest BCUT2D eigenvalue weighted by Crippen LogP contribution is -2.32. The Hall–Kier alpha value is -7.42. The average Bonchev–Trinajstić information content (AvgIpc) is 3.99. The van der Waals surface area contributed by atoms with Crippen LogP contribution >= 0.6 is 0 Å². The number of hydrogen-bond donors (Lipinski definition) is 0. The van der Waals surface area contributed by atoms with Crippen molar-refractivity contribution in [2.24, 2.45) is 0 Å². The maximum absolute atomic E-state index is 2.55. The van der Waals surface area contributed by atoms with Gasteiger partial charge in [-0.1, -0.05) is 217 Å². The van der Waals surface area contributed by atoms with Crippen LogP contribution in [0.1, 0.15) is 128 Å². The quantitative estimate of drug-likeness (QED) is 0.163. The zero-order valence-corrected chi connectivity index (χ0v) is 44.9. The number of aromatic nitrogens is 2. The van der Waals surface area contributed by atoms with Gasteiger partial charge in [-0.25, -0.2) is 0 Å². The summed E-state index contributed by atoms with van der Waals surface area (Å²) in [5, 5.41) is 5.02. The predicted octanol–water partition coefficient (Wildman–Crippen LogP) is 19.1. The number of nitrogens with zero attached hydrogens (tertiary/aromatic N) is 2. The first-order chi connectivity index (χ1) is 34.7. The average molecular weight is 949 g/mol. The molecule has 0 radical (unpaired) electrons. The molecule has 362 valence electrons. The van der Waals surface area contributed by atoms with E-state index in [1.165, 1.54) is 122 Å². The van der Waals surface area contributed by atoms with Crippen LogP contribution in [0.4, 0.5) is 0 Å². The van der Waals surface area contributed by atoms with Gasteiger partial charge in [0.2, 0.25) is 0 Å². The standard InChI is InChI=1S/C71H68N2/c1-67(2,3)47-28-32-49(33-29-47)71(50-34-30-48(31-35-50)68(4,5)6)60-37-36-53(44-56(60)59-42-51(69(7,8)9)43-61(66(59)71)70(10,11)12)73-63-25-19-17-23-55(63)58-41-46(27-39-65(58)73)45-26-38-64-57(40-45)54-22-16-18-24-62(54)72(64)52-20-14-13-15-21-52/h13-44H,1-12H3. The van der Waals surface area contributed by atoms with Crippen LogP contribution in [0, 0.1) is 0 Å². The zero-order valence-electron chi connectivity index (χ0n) is 44.9. The van der Waals surface area contributed by atoms with Gasteiger partial charge in [0.05, 0.1) is 27.5 Å². The molecule has 0 unspecified atom stereocenters.